The molecule has 0 amide bonds. The summed E-state index contributed by atoms with van der Waals surface area (Å²) in [5, 5.41) is 26.2. The van der Waals surface area contributed by atoms with Crippen LogP contribution in [0.2, 0.25) is 0 Å². The van der Waals surface area contributed by atoms with Gasteiger partial charge in [0.15, 0.2) is 0 Å². The fourth-order valence-corrected chi connectivity index (χ4v) is 1.03. The van der Waals surface area contributed by atoms with Crippen LogP contribution in [-0.4, -0.2) is 34.0 Å². The average Bonchev–Trinajstić information content (AvgIpc) is 1.98. The van der Waals surface area contributed by atoms with E-state index in [0.717, 1.165) is 0 Å². The first-order chi connectivity index (χ1) is 5.49. The van der Waals surface area contributed by atoms with Crippen LogP contribution in [0.4, 0.5) is 0 Å². The average molecular weight is 176 g/mol. The highest BCUT2D eigenvalue weighted by atomic mass is 16.4. The molecule has 4 nitrogen and oxygen atoms in total. The maximum atomic E-state index is 10.6. The van der Waals surface area contributed by atoms with Gasteiger partial charge >= 0.3 is 5.97 Å². The number of rotatable bonds is 5. The molecule has 4 heteroatoms. The van der Waals surface area contributed by atoms with Gasteiger partial charge in [-0.1, -0.05) is 13.8 Å². The Morgan fingerprint density at radius 2 is 1.92 bits per heavy atom. The lowest BCUT2D eigenvalue weighted by Crippen LogP contribution is -2.26. The summed E-state index contributed by atoms with van der Waals surface area (Å²) in [6.45, 7) is 3.18. The topological polar surface area (TPSA) is 77.8 Å². The Hall–Kier alpha value is -0.610. The van der Waals surface area contributed by atoms with E-state index in [-0.39, 0.29) is 18.9 Å². The fraction of sp³-hybridized carbons (Fsp3) is 0.875. The molecule has 0 aliphatic carbocycles. The standard InChI is InChI=1S/C8H16O4/c1-5(2)7(8(11)12)3-6(10)4-9/h5-7,9-10H,3-4H2,1-2H3,(H,11,12). The van der Waals surface area contributed by atoms with Gasteiger partial charge < -0.3 is 15.3 Å². The molecule has 2 unspecified atom stereocenters. The van der Waals surface area contributed by atoms with Crippen molar-refractivity contribution in [3.63, 3.8) is 0 Å². The molecule has 0 heterocycles. The first-order valence-corrected chi connectivity index (χ1v) is 4.00. The van der Waals surface area contributed by atoms with E-state index in [2.05, 4.69) is 0 Å². The number of aliphatic hydroxyl groups is 2. The molecule has 0 rings (SSSR count). The van der Waals surface area contributed by atoms with Gasteiger partial charge in [-0.3, -0.25) is 4.79 Å². The Morgan fingerprint density at radius 1 is 1.42 bits per heavy atom. The molecule has 0 aliphatic rings. The van der Waals surface area contributed by atoms with Gasteiger partial charge in [-0.2, -0.15) is 0 Å². The van der Waals surface area contributed by atoms with Crippen molar-refractivity contribution in [3.05, 3.63) is 0 Å². The monoisotopic (exact) mass is 176 g/mol. The Kier molecular flexibility index (Phi) is 4.85. The van der Waals surface area contributed by atoms with E-state index in [9.17, 15) is 4.79 Å². The van der Waals surface area contributed by atoms with E-state index < -0.39 is 18.0 Å². The van der Waals surface area contributed by atoms with Crippen molar-refractivity contribution in [2.75, 3.05) is 6.61 Å². The van der Waals surface area contributed by atoms with Gasteiger partial charge in [-0.05, 0) is 12.3 Å². The maximum absolute atomic E-state index is 10.6. The Morgan fingerprint density at radius 3 is 2.17 bits per heavy atom. The van der Waals surface area contributed by atoms with E-state index in [0.29, 0.717) is 0 Å². The molecule has 12 heavy (non-hydrogen) atoms. The van der Waals surface area contributed by atoms with Crippen LogP contribution < -0.4 is 0 Å². The van der Waals surface area contributed by atoms with Crippen molar-refractivity contribution in [1.29, 1.82) is 0 Å². The van der Waals surface area contributed by atoms with E-state index in [1.54, 1.807) is 13.8 Å². The molecule has 3 N–H and O–H groups in total. The summed E-state index contributed by atoms with van der Waals surface area (Å²) in [5.41, 5.74) is 0. The predicted molar refractivity (Wildman–Crippen MR) is 43.7 cm³/mol. The SMILES string of the molecule is CC(C)C(CC(O)CO)C(=O)O. The third-order valence-electron chi connectivity index (χ3n) is 1.86. The molecule has 0 aliphatic heterocycles. The third kappa shape index (κ3) is 3.69. The van der Waals surface area contributed by atoms with E-state index in [1.807, 2.05) is 0 Å². The van der Waals surface area contributed by atoms with Gasteiger partial charge in [0, 0.05) is 0 Å². The number of aliphatic hydroxyl groups excluding tert-OH is 2. The van der Waals surface area contributed by atoms with Crippen molar-refractivity contribution in [2.24, 2.45) is 11.8 Å². The van der Waals surface area contributed by atoms with Gasteiger partial charge in [0.05, 0.1) is 18.6 Å². The van der Waals surface area contributed by atoms with Gasteiger partial charge in [-0.15, -0.1) is 0 Å². The second kappa shape index (κ2) is 5.11. The summed E-state index contributed by atoms with van der Waals surface area (Å²) >= 11 is 0. The maximum Gasteiger partial charge on any atom is 0.306 e. The zero-order valence-electron chi connectivity index (χ0n) is 7.40. The summed E-state index contributed by atoms with van der Waals surface area (Å²) < 4.78 is 0. The van der Waals surface area contributed by atoms with Gasteiger partial charge in [0.1, 0.15) is 0 Å². The fourth-order valence-electron chi connectivity index (χ4n) is 1.03. The van der Waals surface area contributed by atoms with E-state index in [1.165, 1.54) is 0 Å². The third-order valence-corrected chi connectivity index (χ3v) is 1.86. The molecule has 0 aromatic heterocycles. The number of carbonyl (C=O) groups is 1. The number of carboxylic acid groups (broad SMARTS) is 1. The molecular weight excluding hydrogens is 160 g/mol. The van der Waals surface area contributed by atoms with Crippen LogP contribution >= 0.6 is 0 Å². The number of hydrogen-bond acceptors (Lipinski definition) is 3. The number of aliphatic carboxylic acids is 1. The highest BCUT2D eigenvalue weighted by Gasteiger charge is 2.23. The van der Waals surface area contributed by atoms with Gasteiger partial charge in [0.25, 0.3) is 0 Å². The largest absolute Gasteiger partial charge is 0.481 e. The Labute approximate surface area is 71.8 Å². The quantitative estimate of drug-likeness (QED) is 0.554. The van der Waals surface area contributed by atoms with Crippen LogP contribution in [0.15, 0.2) is 0 Å². The van der Waals surface area contributed by atoms with Gasteiger partial charge in [-0.25, -0.2) is 0 Å². The van der Waals surface area contributed by atoms with Crippen molar-refractivity contribution in [1.82, 2.24) is 0 Å². The van der Waals surface area contributed by atoms with Crippen molar-refractivity contribution >= 4 is 5.97 Å². The molecular formula is C8H16O4. The molecule has 0 fully saturated rings. The molecule has 2 atom stereocenters. The molecule has 0 aromatic rings. The van der Waals surface area contributed by atoms with Crippen LogP contribution in [-0.2, 0) is 4.79 Å². The molecule has 0 saturated heterocycles. The predicted octanol–water partition coefficient (Wildman–Crippen LogP) is 0.0865. The lowest BCUT2D eigenvalue weighted by atomic mass is 9.90. The summed E-state index contributed by atoms with van der Waals surface area (Å²) in [7, 11) is 0. The van der Waals surface area contributed by atoms with Crippen LogP contribution in [0.1, 0.15) is 20.3 Å². The van der Waals surface area contributed by atoms with Crippen LogP contribution in [0, 0.1) is 11.8 Å². The highest BCUT2D eigenvalue weighted by molar-refractivity contribution is 5.70. The lowest BCUT2D eigenvalue weighted by Gasteiger charge is -2.18. The minimum atomic E-state index is -0.923. The molecule has 0 radical (unpaired) electrons. The van der Waals surface area contributed by atoms with Crippen LogP contribution in [0.3, 0.4) is 0 Å². The highest BCUT2D eigenvalue weighted by Crippen LogP contribution is 2.17. The minimum Gasteiger partial charge on any atom is -0.481 e. The first kappa shape index (κ1) is 11.4. The second-order valence-corrected chi connectivity index (χ2v) is 3.26. The molecule has 0 saturated carbocycles. The Balaban J connectivity index is 4.05. The minimum absolute atomic E-state index is 0.0244. The lowest BCUT2D eigenvalue weighted by molar-refractivity contribution is -0.144. The number of carboxylic acids is 1. The van der Waals surface area contributed by atoms with E-state index >= 15 is 0 Å². The number of hydrogen-bond donors (Lipinski definition) is 3. The zero-order chi connectivity index (χ0) is 9.72. The second-order valence-electron chi connectivity index (χ2n) is 3.26. The first-order valence-electron chi connectivity index (χ1n) is 4.00. The summed E-state index contributed by atoms with van der Waals surface area (Å²) in [5.74, 6) is -1.52. The van der Waals surface area contributed by atoms with Gasteiger partial charge in [0.2, 0.25) is 0 Å². The normalized spacial score (nSPS) is 16.1. The summed E-state index contributed by atoms with van der Waals surface area (Å²) in [6, 6.07) is 0. The van der Waals surface area contributed by atoms with E-state index in [4.69, 9.17) is 15.3 Å². The van der Waals surface area contributed by atoms with Crippen molar-refractivity contribution in [2.45, 2.75) is 26.4 Å². The smallest absolute Gasteiger partial charge is 0.306 e. The van der Waals surface area contributed by atoms with Crippen LogP contribution in [0.5, 0.6) is 0 Å². The van der Waals surface area contributed by atoms with Crippen molar-refractivity contribution in [3.8, 4) is 0 Å². The molecule has 72 valence electrons. The zero-order valence-corrected chi connectivity index (χ0v) is 7.40. The van der Waals surface area contributed by atoms with Crippen LogP contribution in [0.25, 0.3) is 0 Å². The molecule has 0 spiro atoms. The Bertz CT molecular complexity index is 144. The molecule has 0 aromatic carbocycles. The molecule has 0 bridgehead atoms. The van der Waals surface area contributed by atoms with Crippen molar-refractivity contribution < 1.29 is 20.1 Å². The summed E-state index contributed by atoms with van der Waals surface area (Å²) in [4.78, 5) is 10.6. The summed E-state index contributed by atoms with van der Waals surface area (Å²) in [6.07, 6.45) is -0.808.